The molecule has 10 nitrogen and oxygen atoms in total. The molecule has 0 radical (unpaired) electrons. The lowest BCUT2D eigenvalue weighted by Gasteiger charge is -2.45. The standard InChI is InChI=1S/C21H26N6O4S/c1-11-8-30-9-12-10-31-16-17(21(2,3)32(4,28)29)25-19(26-20(16)27(11)12)15-13-5-6-23-18(13)24-7-14(15)22/h5-7,11-12H,8-10,22H2,1-4H3,(H,23,24)/t11-,12+/m1/s1. The number of morpholine rings is 1. The van der Waals surface area contributed by atoms with Gasteiger partial charge in [-0.05, 0) is 26.8 Å². The van der Waals surface area contributed by atoms with Crippen LogP contribution in [0.2, 0.25) is 0 Å². The minimum absolute atomic E-state index is 0.0229. The van der Waals surface area contributed by atoms with Crippen molar-refractivity contribution < 1.29 is 17.9 Å². The number of nitrogens with two attached hydrogens (primary N) is 1. The Labute approximate surface area is 186 Å². The Hall–Kier alpha value is -2.92. The first-order chi connectivity index (χ1) is 15.1. The fourth-order valence-electron chi connectivity index (χ4n) is 4.30. The quantitative estimate of drug-likeness (QED) is 0.602. The lowest BCUT2D eigenvalue weighted by Crippen LogP contribution is -2.56. The van der Waals surface area contributed by atoms with Crippen molar-refractivity contribution in [3.63, 3.8) is 0 Å². The minimum atomic E-state index is -3.54. The van der Waals surface area contributed by atoms with E-state index in [4.69, 9.17) is 25.2 Å². The molecule has 3 aromatic rings. The van der Waals surface area contributed by atoms with Gasteiger partial charge in [-0.2, -0.15) is 0 Å². The van der Waals surface area contributed by atoms with Crippen molar-refractivity contribution in [2.24, 2.45) is 0 Å². The lowest BCUT2D eigenvalue weighted by molar-refractivity contribution is 0.0482. The van der Waals surface area contributed by atoms with Crippen LogP contribution in [0.15, 0.2) is 18.5 Å². The van der Waals surface area contributed by atoms with Crippen LogP contribution < -0.4 is 15.4 Å². The summed E-state index contributed by atoms with van der Waals surface area (Å²) in [6.45, 7) is 6.73. The van der Waals surface area contributed by atoms with Crippen LogP contribution in [0.5, 0.6) is 5.75 Å². The Kier molecular flexibility index (Phi) is 4.61. The van der Waals surface area contributed by atoms with Crippen LogP contribution in [-0.4, -0.2) is 66.5 Å². The van der Waals surface area contributed by atoms with Crippen LogP contribution in [0, 0.1) is 0 Å². The van der Waals surface area contributed by atoms with Gasteiger partial charge >= 0.3 is 0 Å². The highest BCUT2D eigenvalue weighted by atomic mass is 32.2. The highest BCUT2D eigenvalue weighted by molar-refractivity contribution is 7.91. The number of H-pyrrole nitrogens is 1. The van der Waals surface area contributed by atoms with Gasteiger partial charge in [0.2, 0.25) is 0 Å². The molecule has 2 atom stereocenters. The third-order valence-corrected chi connectivity index (χ3v) is 8.43. The smallest absolute Gasteiger partial charge is 0.185 e. The molecule has 1 fully saturated rings. The number of anilines is 2. The topological polar surface area (TPSA) is 136 Å². The van der Waals surface area contributed by atoms with E-state index in [1.807, 2.05) is 6.07 Å². The van der Waals surface area contributed by atoms with Gasteiger partial charge in [-0.1, -0.05) is 0 Å². The van der Waals surface area contributed by atoms with E-state index in [9.17, 15) is 8.42 Å². The molecule has 0 bridgehead atoms. The fourth-order valence-corrected chi connectivity index (χ4v) is 4.79. The molecule has 170 valence electrons. The van der Waals surface area contributed by atoms with E-state index < -0.39 is 14.6 Å². The number of fused-ring (bicyclic) bond motifs is 4. The van der Waals surface area contributed by atoms with E-state index in [0.717, 1.165) is 5.39 Å². The van der Waals surface area contributed by atoms with E-state index in [-0.39, 0.29) is 12.1 Å². The Morgan fingerprint density at radius 2 is 2.03 bits per heavy atom. The maximum atomic E-state index is 12.8. The first-order valence-electron chi connectivity index (χ1n) is 10.4. The van der Waals surface area contributed by atoms with Crippen molar-refractivity contribution in [1.82, 2.24) is 19.9 Å². The third-order valence-electron chi connectivity index (χ3n) is 6.39. The van der Waals surface area contributed by atoms with E-state index in [2.05, 4.69) is 21.8 Å². The average molecular weight is 459 g/mol. The zero-order valence-electron chi connectivity index (χ0n) is 18.4. The molecule has 11 heteroatoms. The van der Waals surface area contributed by atoms with Crippen LogP contribution in [-0.2, 0) is 19.3 Å². The number of nitrogens with zero attached hydrogens (tertiary/aromatic N) is 4. The second-order valence-electron chi connectivity index (χ2n) is 8.92. The molecular formula is C21H26N6O4S. The summed E-state index contributed by atoms with van der Waals surface area (Å²) < 4.78 is 36.0. The number of pyridine rings is 1. The Bertz CT molecular complexity index is 1320. The van der Waals surface area contributed by atoms with Crippen molar-refractivity contribution in [3.8, 4) is 17.1 Å². The maximum absolute atomic E-state index is 12.8. The molecule has 5 heterocycles. The normalized spacial score (nSPS) is 21.2. The molecule has 0 saturated carbocycles. The van der Waals surface area contributed by atoms with Gasteiger partial charge in [0.05, 0.1) is 42.7 Å². The van der Waals surface area contributed by atoms with E-state index in [0.29, 0.717) is 59.8 Å². The zero-order chi connectivity index (χ0) is 22.8. The molecule has 5 rings (SSSR count). The average Bonchev–Trinajstić information content (AvgIpc) is 3.20. The number of hydrogen-bond donors (Lipinski definition) is 2. The van der Waals surface area contributed by atoms with Gasteiger partial charge in [0.15, 0.2) is 27.2 Å². The third kappa shape index (κ3) is 3.02. The number of nitrogen functional groups attached to an aromatic ring is 1. The van der Waals surface area contributed by atoms with Gasteiger partial charge in [0.25, 0.3) is 0 Å². The summed E-state index contributed by atoms with van der Waals surface area (Å²) in [5, 5.41) is 0.761. The summed E-state index contributed by atoms with van der Waals surface area (Å²) in [6.07, 6.45) is 4.52. The lowest BCUT2D eigenvalue weighted by atomic mass is 10.0. The highest BCUT2D eigenvalue weighted by Gasteiger charge is 2.44. The summed E-state index contributed by atoms with van der Waals surface area (Å²) in [5.74, 6) is 1.30. The Morgan fingerprint density at radius 3 is 2.78 bits per heavy atom. The summed E-state index contributed by atoms with van der Waals surface area (Å²) >= 11 is 0. The number of aromatic amines is 1. The van der Waals surface area contributed by atoms with Crippen LogP contribution >= 0.6 is 0 Å². The van der Waals surface area contributed by atoms with Crippen LogP contribution in [0.3, 0.4) is 0 Å². The molecule has 0 unspecified atom stereocenters. The van der Waals surface area contributed by atoms with Gasteiger partial charge < -0.3 is 25.1 Å². The zero-order valence-corrected chi connectivity index (χ0v) is 19.2. The molecule has 32 heavy (non-hydrogen) atoms. The highest BCUT2D eigenvalue weighted by Crippen LogP contribution is 2.45. The van der Waals surface area contributed by atoms with E-state index in [1.54, 1.807) is 26.2 Å². The van der Waals surface area contributed by atoms with E-state index in [1.165, 1.54) is 6.26 Å². The van der Waals surface area contributed by atoms with Crippen LogP contribution in [0.4, 0.5) is 11.5 Å². The molecule has 0 spiro atoms. The van der Waals surface area contributed by atoms with Gasteiger partial charge in [-0.3, -0.25) is 0 Å². The maximum Gasteiger partial charge on any atom is 0.185 e. The number of aromatic nitrogens is 4. The first kappa shape index (κ1) is 21.0. The molecule has 0 aromatic carbocycles. The van der Waals surface area contributed by atoms with Crippen molar-refractivity contribution in [2.45, 2.75) is 37.6 Å². The monoisotopic (exact) mass is 458 g/mol. The number of nitrogens with one attached hydrogen (secondary N) is 1. The van der Waals surface area contributed by atoms with Gasteiger partial charge in [-0.25, -0.2) is 23.4 Å². The van der Waals surface area contributed by atoms with Crippen molar-refractivity contribution >= 4 is 32.4 Å². The Morgan fingerprint density at radius 1 is 1.25 bits per heavy atom. The van der Waals surface area contributed by atoms with Crippen molar-refractivity contribution in [3.05, 3.63) is 24.2 Å². The number of rotatable bonds is 3. The van der Waals surface area contributed by atoms with Gasteiger partial charge in [0, 0.05) is 17.8 Å². The molecule has 0 aliphatic carbocycles. The predicted octanol–water partition coefficient (Wildman–Crippen LogP) is 1.87. The second-order valence-corrected chi connectivity index (χ2v) is 11.5. The van der Waals surface area contributed by atoms with Crippen molar-refractivity contribution in [2.75, 3.05) is 36.7 Å². The molecule has 2 aliphatic heterocycles. The van der Waals surface area contributed by atoms with Crippen molar-refractivity contribution in [1.29, 1.82) is 0 Å². The van der Waals surface area contributed by atoms with Crippen LogP contribution in [0.25, 0.3) is 22.4 Å². The van der Waals surface area contributed by atoms with Gasteiger partial charge in [0.1, 0.15) is 22.7 Å². The summed E-state index contributed by atoms with van der Waals surface area (Å²) in [7, 11) is -3.54. The number of sulfone groups is 1. The number of ether oxygens (including phenoxy) is 2. The summed E-state index contributed by atoms with van der Waals surface area (Å²) in [4.78, 5) is 19.2. The van der Waals surface area contributed by atoms with Gasteiger partial charge in [-0.15, -0.1) is 0 Å². The second kappa shape index (κ2) is 7.04. The minimum Gasteiger partial charge on any atom is -0.486 e. The van der Waals surface area contributed by atoms with Crippen LogP contribution in [0.1, 0.15) is 26.5 Å². The fraction of sp³-hybridized carbons (Fsp3) is 0.476. The predicted molar refractivity (Wildman–Crippen MR) is 121 cm³/mol. The van der Waals surface area contributed by atoms with E-state index >= 15 is 0 Å². The molecule has 3 aromatic heterocycles. The summed E-state index contributed by atoms with van der Waals surface area (Å²) in [5.41, 5.74) is 8.29. The molecule has 3 N–H and O–H groups in total. The SMILES string of the molecule is C[C@@H]1COC[C@H]2COc3c(nc(-c4c(N)cnc5[nH]ccc45)nc3C(C)(C)S(C)(=O)=O)N21. The summed E-state index contributed by atoms with van der Waals surface area (Å²) in [6, 6.07) is 1.87. The Balaban J connectivity index is 1.84. The molecule has 1 saturated heterocycles. The first-order valence-corrected chi connectivity index (χ1v) is 12.3. The molecule has 0 amide bonds. The largest absolute Gasteiger partial charge is 0.486 e. The molecular weight excluding hydrogens is 432 g/mol. The molecule has 2 aliphatic rings. The number of hydrogen-bond acceptors (Lipinski definition) is 9.